The monoisotopic (exact) mass is 289 g/mol. The Morgan fingerprint density at radius 1 is 1.52 bits per heavy atom. The molecule has 2 aliphatic rings. The summed E-state index contributed by atoms with van der Waals surface area (Å²) < 4.78 is 5.86. The molecular formula is C16H23N3O2. The molecule has 114 valence electrons. The minimum atomic E-state index is 0.0380. The molecule has 0 N–H and O–H groups in total. The van der Waals surface area contributed by atoms with Crippen LogP contribution in [0.3, 0.4) is 0 Å². The summed E-state index contributed by atoms with van der Waals surface area (Å²) in [6, 6.07) is 4.50. The fraction of sp³-hybridized carbons (Fsp3) is 0.625. The highest BCUT2D eigenvalue weighted by atomic mass is 16.5. The van der Waals surface area contributed by atoms with Crippen molar-refractivity contribution in [3.8, 4) is 0 Å². The molecule has 0 spiro atoms. The molecule has 2 saturated heterocycles. The molecule has 21 heavy (non-hydrogen) atoms. The smallest absolute Gasteiger partial charge is 0.226 e. The molecule has 0 aliphatic carbocycles. The van der Waals surface area contributed by atoms with Crippen LogP contribution >= 0.6 is 0 Å². The van der Waals surface area contributed by atoms with Gasteiger partial charge in [-0.25, -0.2) is 0 Å². The number of aromatic nitrogens is 1. The summed E-state index contributed by atoms with van der Waals surface area (Å²) in [5.41, 5.74) is 1.20. The number of nitrogens with zero attached hydrogens (tertiary/aromatic N) is 3. The van der Waals surface area contributed by atoms with Crippen LogP contribution in [-0.4, -0.2) is 60.1 Å². The van der Waals surface area contributed by atoms with E-state index in [1.165, 1.54) is 5.56 Å². The Bertz CT molecular complexity index is 492. The van der Waals surface area contributed by atoms with E-state index in [4.69, 9.17) is 4.74 Å². The topological polar surface area (TPSA) is 45.7 Å². The van der Waals surface area contributed by atoms with Gasteiger partial charge in [-0.3, -0.25) is 14.7 Å². The number of hydrogen-bond acceptors (Lipinski definition) is 4. The Balaban J connectivity index is 1.75. The van der Waals surface area contributed by atoms with Crippen LogP contribution in [0.5, 0.6) is 0 Å². The molecular weight excluding hydrogens is 266 g/mol. The summed E-state index contributed by atoms with van der Waals surface area (Å²) in [5, 5.41) is 0. The van der Waals surface area contributed by atoms with Crippen molar-refractivity contribution in [1.29, 1.82) is 0 Å². The molecule has 0 radical (unpaired) electrons. The van der Waals surface area contributed by atoms with E-state index in [1.807, 2.05) is 26.4 Å². The van der Waals surface area contributed by atoms with Crippen LogP contribution in [0.15, 0.2) is 24.5 Å². The molecule has 0 saturated carbocycles. The molecule has 1 amide bonds. The first-order valence-electron chi connectivity index (χ1n) is 7.61. The molecule has 0 unspecified atom stereocenters. The van der Waals surface area contributed by atoms with Gasteiger partial charge in [0.2, 0.25) is 5.91 Å². The Morgan fingerprint density at radius 2 is 2.38 bits per heavy atom. The third kappa shape index (κ3) is 3.09. The maximum Gasteiger partial charge on any atom is 0.226 e. The number of likely N-dealkylation sites (tertiary alicyclic amines) is 1. The number of carbonyl (C=O) groups excluding carboxylic acids is 1. The van der Waals surface area contributed by atoms with E-state index >= 15 is 0 Å². The van der Waals surface area contributed by atoms with E-state index in [0.717, 1.165) is 32.5 Å². The van der Waals surface area contributed by atoms with Gasteiger partial charge in [0, 0.05) is 52.2 Å². The van der Waals surface area contributed by atoms with Gasteiger partial charge in [-0.15, -0.1) is 0 Å². The van der Waals surface area contributed by atoms with Gasteiger partial charge in [0.25, 0.3) is 0 Å². The van der Waals surface area contributed by atoms with Gasteiger partial charge in [-0.2, -0.15) is 0 Å². The standard InChI is InChI=1S/C16H23N3O2/c1-18(2)16(20)13-8-15-14(5-7-21-15)19(11-13)10-12-4-3-6-17-9-12/h3-4,6,9,13-15H,5,7-8,10-11H2,1-2H3/t13-,14+,15+/m0/s1. The van der Waals surface area contributed by atoms with Crippen LogP contribution in [-0.2, 0) is 16.1 Å². The zero-order valence-corrected chi connectivity index (χ0v) is 12.7. The van der Waals surface area contributed by atoms with Crippen LogP contribution in [0.2, 0.25) is 0 Å². The number of ether oxygens (including phenoxy) is 1. The maximum atomic E-state index is 12.3. The highest BCUT2D eigenvalue weighted by Gasteiger charge is 2.42. The molecule has 0 aromatic carbocycles. The van der Waals surface area contributed by atoms with Crippen molar-refractivity contribution in [3.63, 3.8) is 0 Å². The summed E-state index contributed by atoms with van der Waals surface area (Å²) in [4.78, 5) is 20.6. The molecule has 1 aromatic rings. The molecule has 0 bridgehead atoms. The minimum absolute atomic E-state index is 0.0380. The highest BCUT2D eigenvalue weighted by Crippen LogP contribution is 2.32. The first-order valence-corrected chi connectivity index (χ1v) is 7.61. The number of hydrogen-bond donors (Lipinski definition) is 0. The largest absolute Gasteiger partial charge is 0.377 e. The maximum absolute atomic E-state index is 12.3. The quantitative estimate of drug-likeness (QED) is 0.837. The van der Waals surface area contributed by atoms with Gasteiger partial charge in [0.15, 0.2) is 0 Å². The summed E-state index contributed by atoms with van der Waals surface area (Å²) in [6.07, 6.45) is 5.81. The van der Waals surface area contributed by atoms with Crippen molar-refractivity contribution < 1.29 is 9.53 Å². The van der Waals surface area contributed by atoms with E-state index in [2.05, 4.69) is 16.0 Å². The zero-order chi connectivity index (χ0) is 14.8. The Hall–Kier alpha value is -1.46. The molecule has 3 heterocycles. The van der Waals surface area contributed by atoms with Crippen molar-refractivity contribution in [2.24, 2.45) is 5.92 Å². The molecule has 1 aromatic heterocycles. The van der Waals surface area contributed by atoms with Crippen LogP contribution < -0.4 is 0 Å². The minimum Gasteiger partial charge on any atom is -0.377 e. The second-order valence-electron chi connectivity index (χ2n) is 6.22. The molecule has 5 nitrogen and oxygen atoms in total. The van der Waals surface area contributed by atoms with Crippen molar-refractivity contribution in [3.05, 3.63) is 30.1 Å². The summed E-state index contributed by atoms with van der Waals surface area (Å²) in [6.45, 7) is 2.47. The van der Waals surface area contributed by atoms with Gasteiger partial charge < -0.3 is 9.64 Å². The number of pyridine rings is 1. The Morgan fingerprint density at radius 3 is 3.10 bits per heavy atom. The van der Waals surface area contributed by atoms with Crippen molar-refractivity contribution in [2.75, 3.05) is 27.2 Å². The summed E-state index contributed by atoms with van der Waals surface area (Å²) in [7, 11) is 3.66. The van der Waals surface area contributed by atoms with Gasteiger partial charge in [-0.1, -0.05) is 6.07 Å². The van der Waals surface area contributed by atoms with E-state index < -0.39 is 0 Å². The second-order valence-corrected chi connectivity index (χ2v) is 6.22. The summed E-state index contributed by atoms with van der Waals surface area (Å²) in [5.74, 6) is 0.246. The number of amides is 1. The number of fused-ring (bicyclic) bond motifs is 1. The predicted molar refractivity (Wildman–Crippen MR) is 79.6 cm³/mol. The molecule has 2 aliphatic heterocycles. The second kappa shape index (κ2) is 6.12. The first-order chi connectivity index (χ1) is 10.1. The number of carbonyl (C=O) groups is 1. The number of piperidine rings is 1. The Labute approximate surface area is 125 Å². The van der Waals surface area contributed by atoms with Crippen LogP contribution in [0.1, 0.15) is 18.4 Å². The van der Waals surface area contributed by atoms with Gasteiger partial charge in [0.1, 0.15) is 0 Å². The third-order valence-electron chi connectivity index (χ3n) is 4.51. The number of rotatable bonds is 3. The van der Waals surface area contributed by atoms with Crippen molar-refractivity contribution in [2.45, 2.75) is 31.5 Å². The van der Waals surface area contributed by atoms with E-state index in [-0.39, 0.29) is 17.9 Å². The first kappa shape index (κ1) is 14.5. The Kier molecular flexibility index (Phi) is 4.22. The van der Waals surface area contributed by atoms with E-state index in [0.29, 0.717) is 6.04 Å². The lowest BCUT2D eigenvalue weighted by Gasteiger charge is -2.40. The molecule has 3 rings (SSSR count). The fourth-order valence-electron chi connectivity index (χ4n) is 3.51. The van der Waals surface area contributed by atoms with Crippen molar-refractivity contribution >= 4 is 5.91 Å². The lowest BCUT2D eigenvalue weighted by Crippen LogP contribution is -2.52. The lowest BCUT2D eigenvalue weighted by atomic mass is 9.89. The predicted octanol–water partition coefficient (Wildman–Crippen LogP) is 1.15. The van der Waals surface area contributed by atoms with Gasteiger partial charge >= 0.3 is 0 Å². The SMILES string of the molecule is CN(C)C(=O)[C@H]1C[C@H]2OCC[C@H]2N(Cc2cccnc2)C1. The highest BCUT2D eigenvalue weighted by molar-refractivity contribution is 5.78. The van der Waals surface area contributed by atoms with Crippen LogP contribution in [0.25, 0.3) is 0 Å². The van der Waals surface area contributed by atoms with Gasteiger partial charge in [-0.05, 0) is 24.5 Å². The average Bonchev–Trinajstić information content (AvgIpc) is 2.96. The zero-order valence-electron chi connectivity index (χ0n) is 12.7. The van der Waals surface area contributed by atoms with Gasteiger partial charge in [0.05, 0.1) is 12.0 Å². The van der Waals surface area contributed by atoms with Crippen LogP contribution in [0.4, 0.5) is 0 Å². The van der Waals surface area contributed by atoms with E-state index in [9.17, 15) is 4.79 Å². The third-order valence-corrected chi connectivity index (χ3v) is 4.51. The molecule has 3 atom stereocenters. The molecule has 5 heteroatoms. The van der Waals surface area contributed by atoms with E-state index in [1.54, 1.807) is 11.1 Å². The summed E-state index contributed by atoms with van der Waals surface area (Å²) >= 11 is 0. The van der Waals surface area contributed by atoms with Crippen molar-refractivity contribution in [1.82, 2.24) is 14.8 Å². The lowest BCUT2D eigenvalue weighted by molar-refractivity contribution is -0.137. The van der Waals surface area contributed by atoms with Crippen LogP contribution in [0, 0.1) is 5.92 Å². The fourth-order valence-corrected chi connectivity index (χ4v) is 3.51. The normalized spacial score (nSPS) is 29.1. The molecule has 2 fully saturated rings. The average molecular weight is 289 g/mol.